The van der Waals surface area contributed by atoms with Gasteiger partial charge in [0, 0.05) is 31.6 Å². The number of aliphatic hydroxyl groups is 1. The molecule has 7 nitrogen and oxygen atoms in total. The highest BCUT2D eigenvalue weighted by atomic mass is 16.3. The summed E-state index contributed by atoms with van der Waals surface area (Å²) in [7, 11) is 1.91. The first-order valence-corrected chi connectivity index (χ1v) is 9.19. The highest BCUT2D eigenvalue weighted by molar-refractivity contribution is 5.86. The number of hydrogen-bond donors (Lipinski definition) is 2. The summed E-state index contributed by atoms with van der Waals surface area (Å²) >= 11 is 0. The maximum atomic E-state index is 9.55. The molecule has 1 fully saturated rings. The molecule has 1 saturated heterocycles. The Morgan fingerprint density at radius 1 is 1.28 bits per heavy atom. The van der Waals surface area contributed by atoms with Gasteiger partial charge in [-0.3, -0.25) is 9.58 Å². The number of nitrogens with zero attached hydrogens (tertiary/aromatic N) is 5. The van der Waals surface area contributed by atoms with Crippen molar-refractivity contribution in [2.75, 3.05) is 31.6 Å². The molecule has 2 aromatic heterocycles. The van der Waals surface area contributed by atoms with Crippen LogP contribution < -0.4 is 5.32 Å². The van der Waals surface area contributed by atoms with Crippen LogP contribution in [0.4, 0.5) is 5.82 Å². The minimum absolute atomic E-state index is 0.121. The van der Waals surface area contributed by atoms with Gasteiger partial charge in [0.2, 0.25) is 0 Å². The molecule has 1 aliphatic rings. The maximum absolute atomic E-state index is 9.55. The third-order valence-electron chi connectivity index (χ3n) is 4.91. The van der Waals surface area contributed by atoms with Gasteiger partial charge in [-0.25, -0.2) is 9.97 Å². The van der Waals surface area contributed by atoms with Crippen molar-refractivity contribution >= 4 is 16.9 Å². The lowest BCUT2D eigenvalue weighted by molar-refractivity contribution is 0.0940. The number of aromatic nitrogens is 4. The van der Waals surface area contributed by atoms with Crippen molar-refractivity contribution in [3.8, 4) is 0 Å². The molecule has 7 heteroatoms. The van der Waals surface area contributed by atoms with E-state index in [1.807, 2.05) is 13.2 Å². The van der Waals surface area contributed by atoms with Crippen LogP contribution in [0.2, 0.25) is 0 Å². The Morgan fingerprint density at radius 2 is 2.08 bits per heavy atom. The average Bonchev–Trinajstić information content (AvgIpc) is 2.96. The Labute approximate surface area is 149 Å². The Morgan fingerprint density at radius 3 is 2.80 bits per heavy atom. The fourth-order valence-corrected chi connectivity index (χ4v) is 3.37. The molecule has 1 atom stereocenters. The van der Waals surface area contributed by atoms with Gasteiger partial charge in [0.1, 0.15) is 11.6 Å². The number of nitrogens with one attached hydrogen (secondary N) is 1. The number of anilines is 1. The quantitative estimate of drug-likeness (QED) is 0.861. The molecule has 2 aromatic rings. The van der Waals surface area contributed by atoms with Crippen molar-refractivity contribution < 1.29 is 5.11 Å². The predicted molar refractivity (Wildman–Crippen MR) is 99.8 cm³/mol. The molecule has 0 aliphatic carbocycles. The molecule has 25 heavy (non-hydrogen) atoms. The van der Waals surface area contributed by atoms with Gasteiger partial charge < -0.3 is 10.4 Å². The fraction of sp³-hybridized carbons (Fsp3) is 0.722. The van der Waals surface area contributed by atoms with E-state index in [-0.39, 0.29) is 12.0 Å². The molecule has 0 unspecified atom stereocenters. The molecule has 3 heterocycles. The lowest BCUT2D eigenvalue weighted by Crippen LogP contribution is -2.44. The summed E-state index contributed by atoms with van der Waals surface area (Å²) in [5.74, 6) is 1.66. The lowest BCUT2D eigenvalue weighted by Gasteiger charge is -2.34. The topological polar surface area (TPSA) is 79.1 Å². The second-order valence-corrected chi connectivity index (χ2v) is 7.95. The summed E-state index contributed by atoms with van der Waals surface area (Å²) < 4.78 is 1.80. The van der Waals surface area contributed by atoms with Gasteiger partial charge in [-0.05, 0) is 19.4 Å². The smallest absolute Gasteiger partial charge is 0.163 e. The normalized spacial score (nSPS) is 19.5. The monoisotopic (exact) mass is 346 g/mol. The largest absolute Gasteiger partial charge is 0.395 e. The minimum Gasteiger partial charge on any atom is -0.395 e. The van der Waals surface area contributed by atoms with E-state index in [2.05, 4.69) is 36.1 Å². The zero-order chi connectivity index (χ0) is 18.0. The molecular formula is C18H30N6O. The van der Waals surface area contributed by atoms with Crippen LogP contribution in [-0.2, 0) is 12.5 Å². The first-order chi connectivity index (χ1) is 11.9. The number of hydrogen-bond acceptors (Lipinski definition) is 6. The van der Waals surface area contributed by atoms with E-state index in [0.29, 0.717) is 6.04 Å². The average molecular weight is 346 g/mol. The standard InChI is InChI=1S/C18H30N6O/c1-18(2,3)17-21-15(14-11-20-23(4)16(14)22-17)19-8-10-24-9-6-5-7-13(24)12-25/h11,13,25H,5-10,12H2,1-4H3,(H,19,21,22)/t13-/m1/s1. The molecule has 0 saturated carbocycles. The Bertz CT molecular complexity index is 720. The number of fused-ring (bicyclic) bond motifs is 1. The molecule has 138 valence electrons. The predicted octanol–water partition coefficient (Wildman–Crippen LogP) is 1.92. The Hall–Kier alpha value is -1.73. The van der Waals surface area contributed by atoms with E-state index in [1.54, 1.807) is 4.68 Å². The van der Waals surface area contributed by atoms with Crippen LogP contribution in [0.25, 0.3) is 11.0 Å². The lowest BCUT2D eigenvalue weighted by atomic mass is 9.95. The molecule has 0 amide bonds. The number of aliphatic hydroxyl groups excluding tert-OH is 1. The second-order valence-electron chi connectivity index (χ2n) is 7.95. The van der Waals surface area contributed by atoms with E-state index >= 15 is 0 Å². The summed E-state index contributed by atoms with van der Waals surface area (Å²) in [4.78, 5) is 11.8. The van der Waals surface area contributed by atoms with Gasteiger partial charge in [-0.1, -0.05) is 27.2 Å². The summed E-state index contributed by atoms with van der Waals surface area (Å²) in [5, 5.41) is 18.3. The summed E-state index contributed by atoms with van der Waals surface area (Å²) in [5.41, 5.74) is 0.734. The van der Waals surface area contributed by atoms with Crippen molar-refractivity contribution in [3.05, 3.63) is 12.0 Å². The van der Waals surface area contributed by atoms with Crippen molar-refractivity contribution in [1.82, 2.24) is 24.6 Å². The molecule has 0 bridgehead atoms. The third kappa shape index (κ3) is 3.93. The second kappa shape index (κ2) is 7.25. The van der Waals surface area contributed by atoms with Crippen LogP contribution >= 0.6 is 0 Å². The zero-order valence-electron chi connectivity index (χ0n) is 15.8. The maximum Gasteiger partial charge on any atom is 0.163 e. The number of rotatable bonds is 5. The van der Waals surface area contributed by atoms with Crippen molar-refractivity contribution in [3.63, 3.8) is 0 Å². The molecule has 3 rings (SSSR count). The first-order valence-electron chi connectivity index (χ1n) is 9.19. The SMILES string of the molecule is Cn1ncc2c(NCCN3CCCC[C@@H]3CO)nc(C(C)(C)C)nc21. The van der Waals surface area contributed by atoms with Crippen molar-refractivity contribution in [1.29, 1.82) is 0 Å². The van der Waals surface area contributed by atoms with Gasteiger partial charge in [0.25, 0.3) is 0 Å². The van der Waals surface area contributed by atoms with Crippen LogP contribution in [-0.4, -0.2) is 62.0 Å². The van der Waals surface area contributed by atoms with E-state index in [4.69, 9.17) is 9.97 Å². The van der Waals surface area contributed by atoms with E-state index in [1.165, 1.54) is 12.8 Å². The van der Waals surface area contributed by atoms with Gasteiger partial charge in [0.15, 0.2) is 5.65 Å². The third-order valence-corrected chi connectivity index (χ3v) is 4.91. The first kappa shape index (κ1) is 18.1. The summed E-state index contributed by atoms with van der Waals surface area (Å²) in [6.45, 7) is 9.36. The molecule has 1 aliphatic heterocycles. The highest BCUT2D eigenvalue weighted by Crippen LogP contribution is 2.25. The van der Waals surface area contributed by atoms with E-state index in [0.717, 1.165) is 48.7 Å². The van der Waals surface area contributed by atoms with E-state index in [9.17, 15) is 5.11 Å². The fourth-order valence-electron chi connectivity index (χ4n) is 3.37. The summed E-state index contributed by atoms with van der Waals surface area (Å²) in [6, 6.07) is 0.296. The number of aryl methyl sites for hydroxylation is 1. The molecule has 0 radical (unpaired) electrons. The number of piperidine rings is 1. The van der Waals surface area contributed by atoms with Gasteiger partial charge in [-0.2, -0.15) is 5.10 Å². The van der Waals surface area contributed by atoms with Crippen LogP contribution in [0.15, 0.2) is 6.20 Å². The van der Waals surface area contributed by atoms with Crippen LogP contribution in [0, 0.1) is 0 Å². The molecule has 2 N–H and O–H groups in total. The minimum atomic E-state index is -0.121. The van der Waals surface area contributed by atoms with Gasteiger partial charge in [0.05, 0.1) is 18.2 Å². The van der Waals surface area contributed by atoms with Gasteiger partial charge >= 0.3 is 0 Å². The Balaban J connectivity index is 1.76. The van der Waals surface area contributed by atoms with Crippen molar-refractivity contribution in [2.24, 2.45) is 7.05 Å². The van der Waals surface area contributed by atoms with Gasteiger partial charge in [-0.15, -0.1) is 0 Å². The zero-order valence-corrected chi connectivity index (χ0v) is 15.8. The van der Waals surface area contributed by atoms with Crippen LogP contribution in [0.5, 0.6) is 0 Å². The molecule has 0 spiro atoms. The van der Waals surface area contributed by atoms with Crippen LogP contribution in [0.1, 0.15) is 45.9 Å². The Kier molecular flexibility index (Phi) is 5.24. The number of likely N-dealkylation sites (tertiary alicyclic amines) is 1. The van der Waals surface area contributed by atoms with Crippen molar-refractivity contribution in [2.45, 2.75) is 51.5 Å². The summed E-state index contributed by atoms with van der Waals surface area (Å²) in [6.07, 6.45) is 5.34. The van der Waals surface area contributed by atoms with E-state index < -0.39 is 0 Å². The van der Waals surface area contributed by atoms with Crippen LogP contribution in [0.3, 0.4) is 0 Å². The molecular weight excluding hydrogens is 316 g/mol. The highest BCUT2D eigenvalue weighted by Gasteiger charge is 2.23. The molecule has 0 aromatic carbocycles.